The zero-order valence-corrected chi connectivity index (χ0v) is 12.8. The van der Waals surface area contributed by atoms with E-state index in [4.69, 9.17) is 5.11 Å². The Morgan fingerprint density at radius 3 is 2.76 bits per heavy atom. The van der Waals surface area contributed by atoms with Gasteiger partial charge in [0.05, 0.1) is 12.5 Å². The quantitative estimate of drug-likeness (QED) is 0.847. The molecule has 0 spiro atoms. The van der Waals surface area contributed by atoms with E-state index in [1.807, 2.05) is 0 Å². The molecule has 0 aliphatic carbocycles. The molecule has 1 aliphatic heterocycles. The molecule has 1 unspecified atom stereocenters. The summed E-state index contributed by atoms with van der Waals surface area (Å²) in [5.74, 6) is -1.99. The fraction of sp³-hybridized carbons (Fsp3) is 0.357. The van der Waals surface area contributed by atoms with Crippen molar-refractivity contribution in [1.29, 1.82) is 0 Å². The number of aliphatic carboxylic acids is 1. The summed E-state index contributed by atoms with van der Waals surface area (Å²) in [5.41, 5.74) is 0.460. The summed E-state index contributed by atoms with van der Waals surface area (Å²) in [6.07, 6.45) is 0.459. The fourth-order valence-corrected chi connectivity index (χ4v) is 2.59. The highest BCUT2D eigenvalue weighted by Gasteiger charge is 2.30. The van der Waals surface area contributed by atoms with Gasteiger partial charge >= 0.3 is 5.97 Å². The van der Waals surface area contributed by atoms with E-state index in [2.05, 4.69) is 21.2 Å². The summed E-state index contributed by atoms with van der Waals surface area (Å²) >= 11 is 3.27. The van der Waals surface area contributed by atoms with Crippen molar-refractivity contribution in [1.82, 2.24) is 10.2 Å². The molecule has 0 radical (unpaired) electrons. The van der Waals surface area contributed by atoms with Crippen molar-refractivity contribution < 1.29 is 19.5 Å². The average molecular weight is 355 g/mol. The number of hydrogen-bond donors (Lipinski definition) is 2. The number of hydrogen-bond acceptors (Lipinski definition) is 3. The van der Waals surface area contributed by atoms with Gasteiger partial charge < -0.3 is 15.3 Å². The van der Waals surface area contributed by atoms with Crippen molar-refractivity contribution in [2.75, 3.05) is 19.6 Å². The Morgan fingerprint density at radius 1 is 1.38 bits per heavy atom. The highest BCUT2D eigenvalue weighted by atomic mass is 79.9. The molecule has 112 valence electrons. The molecule has 2 N–H and O–H groups in total. The highest BCUT2D eigenvalue weighted by molar-refractivity contribution is 9.10. The first-order valence-electron chi connectivity index (χ1n) is 6.51. The first-order valence-corrected chi connectivity index (χ1v) is 7.31. The minimum Gasteiger partial charge on any atom is -0.481 e. The molecule has 0 bridgehead atoms. The second kappa shape index (κ2) is 6.71. The molecule has 7 heteroatoms. The molecule has 0 aromatic heterocycles. The third-order valence-corrected chi connectivity index (χ3v) is 3.87. The molecular formula is C14H15BrN2O4. The van der Waals surface area contributed by atoms with Crippen molar-refractivity contribution in [2.24, 2.45) is 5.92 Å². The smallest absolute Gasteiger partial charge is 0.308 e. The zero-order chi connectivity index (χ0) is 15.4. The van der Waals surface area contributed by atoms with Gasteiger partial charge in [0.2, 0.25) is 5.91 Å². The molecule has 2 rings (SSSR count). The molecule has 1 aliphatic rings. The predicted octanol–water partition coefficient (Wildman–Crippen LogP) is 1.11. The molecule has 1 saturated heterocycles. The first kappa shape index (κ1) is 15.5. The fourth-order valence-electron chi connectivity index (χ4n) is 2.19. The Labute approximate surface area is 130 Å². The van der Waals surface area contributed by atoms with E-state index in [0.29, 0.717) is 18.5 Å². The van der Waals surface area contributed by atoms with Crippen molar-refractivity contribution in [3.63, 3.8) is 0 Å². The van der Waals surface area contributed by atoms with Crippen LogP contribution < -0.4 is 5.32 Å². The lowest BCUT2D eigenvalue weighted by Crippen LogP contribution is -2.39. The molecule has 21 heavy (non-hydrogen) atoms. The van der Waals surface area contributed by atoms with E-state index in [1.165, 1.54) is 4.90 Å². The second-order valence-corrected chi connectivity index (χ2v) is 5.77. The van der Waals surface area contributed by atoms with Gasteiger partial charge in [-0.25, -0.2) is 0 Å². The Hall–Kier alpha value is -1.89. The van der Waals surface area contributed by atoms with Crippen LogP contribution >= 0.6 is 15.9 Å². The Kier molecular flexibility index (Phi) is 4.95. The molecule has 6 nitrogen and oxygen atoms in total. The van der Waals surface area contributed by atoms with Crippen LogP contribution in [0.3, 0.4) is 0 Å². The number of rotatable bonds is 4. The first-order chi connectivity index (χ1) is 9.97. The van der Waals surface area contributed by atoms with Crippen molar-refractivity contribution >= 4 is 33.7 Å². The summed E-state index contributed by atoms with van der Waals surface area (Å²) in [6, 6.07) is 6.86. The normalized spacial score (nSPS) is 17.6. The van der Waals surface area contributed by atoms with Crippen LogP contribution in [-0.2, 0) is 9.59 Å². The molecule has 1 aromatic carbocycles. The maximum absolute atomic E-state index is 11.9. The van der Waals surface area contributed by atoms with Gasteiger partial charge in [-0.3, -0.25) is 14.4 Å². The predicted molar refractivity (Wildman–Crippen MR) is 78.8 cm³/mol. The lowest BCUT2D eigenvalue weighted by atomic mass is 10.1. The SMILES string of the molecule is O=C(NCC(=O)N1CCC(C(=O)O)C1)c1cccc(Br)c1. The standard InChI is InChI=1S/C14H15BrN2O4/c15-11-3-1-2-9(6-11)13(19)16-7-12(18)17-5-4-10(8-17)14(20)21/h1-3,6,10H,4-5,7-8H2,(H,16,19)(H,20,21). The number of benzene rings is 1. The van der Waals surface area contributed by atoms with Crippen LogP contribution in [0.5, 0.6) is 0 Å². The van der Waals surface area contributed by atoms with E-state index in [-0.39, 0.29) is 24.9 Å². The number of carbonyl (C=O) groups is 3. The number of amides is 2. The molecule has 1 atom stereocenters. The van der Waals surface area contributed by atoms with Crippen LogP contribution in [-0.4, -0.2) is 47.4 Å². The average Bonchev–Trinajstić information content (AvgIpc) is 2.94. The lowest BCUT2D eigenvalue weighted by molar-refractivity contribution is -0.141. The zero-order valence-electron chi connectivity index (χ0n) is 11.2. The van der Waals surface area contributed by atoms with Gasteiger partial charge in [-0.15, -0.1) is 0 Å². The van der Waals surface area contributed by atoms with E-state index < -0.39 is 11.9 Å². The Bertz CT molecular complexity index is 576. The van der Waals surface area contributed by atoms with Gasteiger partial charge in [0, 0.05) is 23.1 Å². The van der Waals surface area contributed by atoms with E-state index in [1.54, 1.807) is 24.3 Å². The van der Waals surface area contributed by atoms with Gasteiger partial charge in [-0.2, -0.15) is 0 Å². The summed E-state index contributed by atoms with van der Waals surface area (Å²) in [7, 11) is 0. The monoisotopic (exact) mass is 354 g/mol. The number of likely N-dealkylation sites (tertiary alicyclic amines) is 1. The van der Waals surface area contributed by atoms with Crippen LogP contribution in [0.15, 0.2) is 28.7 Å². The Morgan fingerprint density at radius 2 is 2.14 bits per heavy atom. The minimum absolute atomic E-state index is 0.127. The van der Waals surface area contributed by atoms with Crippen molar-refractivity contribution in [3.05, 3.63) is 34.3 Å². The molecule has 2 amide bonds. The van der Waals surface area contributed by atoms with Gasteiger partial charge in [-0.05, 0) is 24.6 Å². The van der Waals surface area contributed by atoms with Crippen LogP contribution in [0.4, 0.5) is 0 Å². The van der Waals surface area contributed by atoms with Crippen molar-refractivity contribution in [2.45, 2.75) is 6.42 Å². The Balaban J connectivity index is 1.84. The topological polar surface area (TPSA) is 86.7 Å². The number of nitrogens with one attached hydrogen (secondary N) is 1. The number of nitrogens with zero attached hydrogens (tertiary/aromatic N) is 1. The largest absolute Gasteiger partial charge is 0.481 e. The summed E-state index contributed by atoms with van der Waals surface area (Å²) in [5, 5.41) is 11.4. The second-order valence-electron chi connectivity index (χ2n) is 4.86. The molecule has 1 fully saturated rings. The minimum atomic E-state index is -0.886. The number of halogens is 1. The van der Waals surface area contributed by atoms with Crippen LogP contribution in [0.2, 0.25) is 0 Å². The third kappa shape index (κ3) is 4.04. The van der Waals surface area contributed by atoms with Crippen LogP contribution in [0, 0.1) is 5.92 Å². The van der Waals surface area contributed by atoms with Crippen molar-refractivity contribution in [3.8, 4) is 0 Å². The van der Waals surface area contributed by atoms with Gasteiger partial charge in [-0.1, -0.05) is 22.0 Å². The summed E-state index contributed by atoms with van der Waals surface area (Å²) in [4.78, 5) is 36.1. The highest BCUT2D eigenvalue weighted by Crippen LogP contribution is 2.16. The van der Waals surface area contributed by atoms with Gasteiger partial charge in [0.1, 0.15) is 0 Å². The van der Waals surface area contributed by atoms with E-state index >= 15 is 0 Å². The lowest BCUT2D eigenvalue weighted by Gasteiger charge is -2.16. The number of carboxylic acid groups (broad SMARTS) is 1. The molecular weight excluding hydrogens is 340 g/mol. The maximum atomic E-state index is 11.9. The number of carboxylic acids is 1. The third-order valence-electron chi connectivity index (χ3n) is 3.38. The van der Waals surface area contributed by atoms with Crippen LogP contribution in [0.25, 0.3) is 0 Å². The molecule has 1 aromatic rings. The van der Waals surface area contributed by atoms with E-state index in [9.17, 15) is 14.4 Å². The van der Waals surface area contributed by atoms with Gasteiger partial charge in [0.15, 0.2) is 0 Å². The molecule has 0 saturated carbocycles. The maximum Gasteiger partial charge on any atom is 0.308 e. The van der Waals surface area contributed by atoms with Crippen LogP contribution in [0.1, 0.15) is 16.8 Å². The number of carbonyl (C=O) groups excluding carboxylic acids is 2. The summed E-state index contributed by atoms with van der Waals surface area (Å²) in [6.45, 7) is 0.501. The van der Waals surface area contributed by atoms with Gasteiger partial charge in [0.25, 0.3) is 5.91 Å². The molecule has 1 heterocycles. The summed E-state index contributed by atoms with van der Waals surface area (Å²) < 4.78 is 0.783. The van der Waals surface area contributed by atoms with E-state index in [0.717, 1.165) is 4.47 Å².